The number of carbonyl (C=O) groups is 2. The molecular formula is C33H31N3O3. The lowest BCUT2D eigenvalue weighted by atomic mass is 9.90. The normalized spacial score (nSPS) is 12.0. The number of hydrogen-bond acceptors (Lipinski definition) is 4. The van der Waals surface area contributed by atoms with E-state index in [4.69, 9.17) is 15.9 Å². The fourth-order valence-electron chi connectivity index (χ4n) is 4.44. The zero-order valence-electron chi connectivity index (χ0n) is 21.8. The number of hydrogen-bond donors (Lipinski definition) is 2. The summed E-state index contributed by atoms with van der Waals surface area (Å²) < 4.78 is 5.15. The van der Waals surface area contributed by atoms with Crippen LogP contribution in [0.25, 0.3) is 11.1 Å². The van der Waals surface area contributed by atoms with Gasteiger partial charge in [-0.2, -0.15) is 0 Å². The molecule has 196 valence electrons. The highest BCUT2D eigenvalue weighted by atomic mass is 16.5. The lowest BCUT2D eigenvalue weighted by molar-refractivity contribution is -0.143. The highest BCUT2D eigenvalue weighted by Crippen LogP contribution is 2.21. The Morgan fingerprint density at radius 1 is 0.795 bits per heavy atom. The standard InChI is InChI=1S/C33H31N3O3/c1-39-33(38)29(22-24-11-8-14-28(21-24)31(34)35)30(20-15-23-9-4-2-5-10-23)36-32(37)27-18-16-26(17-19-27)25-12-6-3-7-13-25/h2-14,16-19,21,29H,15,20,22H2,1H3,(H3,34,35). The molecule has 4 aromatic carbocycles. The van der Waals surface area contributed by atoms with E-state index in [1.807, 2.05) is 78.9 Å². The smallest absolute Gasteiger partial charge is 0.314 e. The first-order valence-electron chi connectivity index (χ1n) is 12.8. The van der Waals surface area contributed by atoms with Crippen LogP contribution in [0.5, 0.6) is 0 Å². The lowest BCUT2D eigenvalue weighted by Gasteiger charge is -2.18. The molecule has 6 nitrogen and oxygen atoms in total. The van der Waals surface area contributed by atoms with Crippen molar-refractivity contribution in [2.45, 2.75) is 19.3 Å². The molecule has 0 fully saturated rings. The minimum atomic E-state index is -0.770. The number of nitrogens with one attached hydrogen (secondary N) is 1. The topological polar surface area (TPSA) is 106 Å². The molecule has 0 aliphatic rings. The molecule has 4 aromatic rings. The van der Waals surface area contributed by atoms with Gasteiger partial charge in [0, 0.05) is 16.8 Å². The van der Waals surface area contributed by atoms with E-state index >= 15 is 0 Å². The Labute approximate surface area is 228 Å². The molecule has 0 radical (unpaired) electrons. The monoisotopic (exact) mass is 517 g/mol. The van der Waals surface area contributed by atoms with Crippen LogP contribution >= 0.6 is 0 Å². The number of rotatable bonds is 10. The van der Waals surface area contributed by atoms with Crippen molar-refractivity contribution in [3.05, 3.63) is 131 Å². The summed E-state index contributed by atoms with van der Waals surface area (Å²) in [6, 6.07) is 34.3. The van der Waals surface area contributed by atoms with Gasteiger partial charge in [0.25, 0.3) is 5.91 Å². The van der Waals surface area contributed by atoms with Gasteiger partial charge >= 0.3 is 5.97 Å². The molecule has 1 unspecified atom stereocenters. The van der Waals surface area contributed by atoms with Gasteiger partial charge in [0.15, 0.2) is 0 Å². The molecule has 0 spiro atoms. The average Bonchev–Trinajstić information content (AvgIpc) is 2.99. The first-order chi connectivity index (χ1) is 18.9. The summed E-state index contributed by atoms with van der Waals surface area (Å²) >= 11 is 0. The number of amidine groups is 1. The molecule has 6 heteroatoms. The van der Waals surface area contributed by atoms with Gasteiger partial charge < -0.3 is 10.5 Å². The zero-order chi connectivity index (χ0) is 27.6. The van der Waals surface area contributed by atoms with Gasteiger partial charge in [-0.3, -0.25) is 15.0 Å². The number of benzene rings is 4. The van der Waals surface area contributed by atoms with Gasteiger partial charge in [-0.1, -0.05) is 91.0 Å². The number of nitrogens with zero attached hydrogens (tertiary/aromatic N) is 1. The number of carbonyl (C=O) groups excluding carboxylic acids is 2. The summed E-state index contributed by atoms with van der Waals surface area (Å²) in [4.78, 5) is 30.9. The fraction of sp³-hybridized carbons (Fsp3) is 0.152. The number of amides is 1. The van der Waals surface area contributed by atoms with E-state index in [9.17, 15) is 9.59 Å². The molecule has 0 aliphatic carbocycles. The third-order valence-corrected chi connectivity index (χ3v) is 6.56. The average molecular weight is 518 g/mol. The van der Waals surface area contributed by atoms with Gasteiger partial charge in [0.1, 0.15) is 5.84 Å². The van der Waals surface area contributed by atoms with Crippen molar-refractivity contribution in [3.8, 4) is 11.1 Å². The van der Waals surface area contributed by atoms with Gasteiger partial charge in [-0.15, -0.1) is 0 Å². The number of aryl methyl sites for hydroxylation is 1. The van der Waals surface area contributed by atoms with Crippen LogP contribution in [-0.2, 0) is 22.4 Å². The molecule has 0 saturated carbocycles. The van der Waals surface area contributed by atoms with E-state index in [1.165, 1.54) is 7.11 Å². The van der Waals surface area contributed by atoms with Crippen molar-refractivity contribution < 1.29 is 14.3 Å². The van der Waals surface area contributed by atoms with Crippen LogP contribution in [0.3, 0.4) is 0 Å². The Kier molecular flexibility index (Phi) is 9.14. The summed E-state index contributed by atoms with van der Waals surface area (Å²) in [6.45, 7) is 0. The maximum atomic E-state index is 13.3. The van der Waals surface area contributed by atoms with Crippen LogP contribution in [0.4, 0.5) is 0 Å². The molecule has 0 saturated heterocycles. The van der Waals surface area contributed by atoms with Crippen LogP contribution in [0.1, 0.15) is 33.5 Å². The summed E-state index contributed by atoms with van der Waals surface area (Å²) in [5, 5.41) is 7.76. The molecule has 1 amide bonds. The van der Waals surface area contributed by atoms with Gasteiger partial charge in [-0.05, 0) is 59.7 Å². The van der Waals surface area contributed by atoms with Crippen LogP contribution in [0.2, 0.25) is 0 Å². The third kappa shape index (κ3) is 7.36. The number of nitrogens with two attached hydrogens (primary N) is 1. The second-order valence-electron chi connectivity index (χ2n) is 9.23. The first kappa shape index (κ1) is 27.2. The van der Waals surface area contributed by atoms with E-state index in [0.29, 0.717) is 29.7 Å². The van der Waals surface area contributed by atoms with Crippen LogP contribution < -0.4 is 5.73 Å². The maximum absolute atomic E-state index is 13.3. The molecule has 0 aromatic heterocycles. The SMILES string of the molecule is COC(=O)C(Cc1cccc(C(=N)N)c1)C(CCc1ccccc1)=NC(=O)c1ccc(-c2ccccc2)cc1. The number of ether oxygens (including phenoxy) is 1. The molecular weight excluding hydrogens is 486 g/mol. The van der Waals surface area contributed by atoms with Crippen molar-refractivity contribution >= 4 is 23.4 Å². The first-order valence-corrected chi connectivity index (χ1v) is 12.8. The summed E-state index contributed by atoms with van der Waals surface area (Å²) in [5.74, 6) is -1.71. The Morgan fingerprint density at radius 2 is 1.41 bits per heavy atom. The van der Waals surface area contributed by atoms with Crippen LogP contribution in [0, 0.1) is 11.3 Å². The van der Waals surface area contributed by atoms with Crippen molar-refractivity contribution in [1.82, 2.24) is 0 Å². The van der Waals surface area contributed by atoms with Gasteiger partial charge in [-0.25, -0.2) is 4.99 Å². The van der Waals surface area contributed by atoms with E-state index in [1.54, 1.807) is 30.3 Å². The zero-order valence-corrected chi connectivity index (χ0v) is 21.8. The predicted octanol–water partition coefficient (Wildman–Crippen LogP) is 5.88. The highest BCUT2D eigenvalue weighted by Gasteiger charge is 2.27. The molecule has 4 rings (SSSR count). The third-order valence-electron chi connectivity index (χ3n) is 6.56. The van der Waals surface area contributed by atoms with Crippen molar-refractivity contribution in [3.63, 3.8) is 0 Å². The largest absolute Gasteiger partial charge is 0.469 e. The summed E-state index contributed by atoms with van der Waals surface area (Å²) in [5.41, 5.74) is 11.1. The van der Waals surface area contributed by atoms with Crippen molar-refractivity contribution in [1.29, 1.82) is 5.41 Å². The summed E-state index contributed by atoms with van der Waals surface area (Å²) in [6.07, 6.45) is 1.28. The molecule has 0 heterocycles. The minimum Gasteiger partial charge on any atom is -0.469 e. The highest BCUT2D eigenvalue weighted by molar-refractivity contribution is 6.10. The molecule has 0 bridgehead atoms. The quantitative estimate of drug-likeness (QED) is 0.156. The van der Waals surface area contributed by atoms with E-state index in [0.717, 1.165) is 22.3 Å². The molecule has 3 N–H and O–H groups in total. The van der Waals surface area contributed by atoms with Gasteiger partial charge in [0.05, 0.1) is 13.0 Å². The number of esters is 1. The van der Waals surface area contributed by atoms with Crippen LogP contribution in [-0.4, -0.2) is 30.5 Å². The Bertz CT molecular complexity index is 1460. The Balaban J connectivity index is 1.66. The van der Waals surface area contributed by atoms with Crippen molar-refractivity contribution in [2.24, 2.45) is 16.6 Å². The molecule has 39 heavy (non-hydrogen) atoms. The van der Waals surface area contributed by atoms with E-state index < -0.39 is 17.8 Å². The number of methoxy groups -OCH3 is 1. The van der Waals surface area contributed by atoms with E-state index in [-0.39, 0.29) is 12.3 Å². The maximum Gasteiger partial charge on any atom is 0.314 e. The Morgan fingerprint density at radius 3 is 2.05 bits per heavy atom. The lowest BCUT2D eigenvalue weighted by Crippen LogP contribution is -2.29. The Hall–Kier alpha value is -4.84. The molecule has 1 atom stereocenters. The number of nitrogen functional groups attached to an aromatic ring is 1. The van der Waals surface area contributed by atoms with Crippen molar-refractivity contribution in [2.75, 3.05) is 7.11 Å². The minimum absolute atomic E-state index is 0.0569. The van der Waals surface area contributed by atoms with E-state index in [2.05, 4.69) is 4.99 Å². The summed E-state index contributed by atoms with van der Waals surface area (Å²) in [7, 11) is 1.33. The van der Waals surface area contributed by atoms with Gasteiger partial charge in [0.2, 0.25) is 0 Å². The predicted molar refractivity (Wildman–Crippen MR) is 155 cm³/mol. The number of aliphatic imine (C=N–C) groups is 1. The second kappa shape index (κ2) is 13.1. The van der Waals surface area contributed by atoms with Crippen LogP contribution in [0.15, 0.2) is 114 Å². The second-order valence-corrected chi connectivity index (χ2v) is 9.23. The fourth-order valence-corrected chi connectivity index (χ4v) is 4.44. The molecule has 0 aliphatic heterocycles.